The zero-order valence-electron chi connectivity index (χ0n) is 14.3. The number of carbonyl (C=O) groups excluding carboxylic acids is 1. The Hall–Kier alpha value is -2.46. The maximum atomic E-state index is 12.2. The lowest BCUT2D eigenvalue weighted by Gasteiger charge is -2.11. The number of aromatic nitrogens is 2. The van der Waals surface area contributed by atoms with E-state index in [1.807, 2.05) is 0 Å². The molecular weight excluding hydrogens is 503 g/mol. The van der Waals surface area contributed by atoms with Gasteiger partial charge in [0.15, 0.2) is 4.77 Å². The summed E-state index contributed by atoms with van der Waals surface area (Å²) in [7, 11) is 0. The molecule has 1 heterocycles. The van der Waals surface area contributed by atoms with Crippen LogP contribution in [-0.2, 0) is 0 Å². The van der Waals surface area contributed by atoms with Gasteiger partial charge in [-0.05, 0) is 54.7 Å². The molecule has 7 nitrogen and oxygen atoms in total. The van der Waals surface area contributed by atoms with E-state index in [0.29, 0.717) is 16.3 Å². The van der Waals surface area contributed by atoms with Crippen molar-refractivity contribution in [3.05, 3.63) is 83.2 Å². The summed E-state index contributed by atoms with van der Waals surface area (Å²) in [5, 5.41) is 14.9. The predicted octanol–water partition coefficient (Wildman–Crippen LogP) is 4.43. The monoisotopic (exact) mass is 512 g/mol. The zero-order chi connectivity index (χ0) is 21.1. The van der Waals surface area contributed by atoms with E-state index in [1.54, 1.807) is 30.3 Å². The Kier molecular flexibility index (Phi) is 6.53. The van der Waals surface area contributed by atoms with Crippen LogP contribution in [0.2, 0.25) is 10.0 Å². The van der Waals surface area contributed by atoms with E-state index < -0.39 is 17.3 Å². The number of benzene rings is 2. The van der Waals surface area contributed by atoms with Crippen LogP contribution in [0.25, 0.3) is 5.69 Å². The van der Waals surface area contributed by atoms with Crippen LogP contribution in [0.15, 0.2) is 56.8 Å². The van der Waals surface area contributed by atoms with Crippen molar-refractivity contribution in [2.24, 2.45) is 5.10 Å². The zero-order valence-corrected chi connectivity index (χ0v) is 18.2. The Morgan fingerprint density at radius 1 is 1.21 bits per heavy atom. The number of hydrazone groups is 1. The average molecular weight is 514 g/mol. The molecule has 11 heteroatoms. The van der Waals surface area contributed by atoms with Gasteiger partial charge in [0.05, 0.1) is 21.9 Å². The van der Waals surface area contributed by atoms with Crippen LogP contribution in [-0.4, -0.2) is 26.8 Å². The average Bonchev–Trinajstić information content (AvgIpc) is 2.67. The van der Waals surface area contributed by atoms with Gasteiger partial charge in [-0.1, -0.05) is 39.1 Å². The lowest BCUT2D eigenvalue weighted by atomic mass is 10.2. The molecule has 2 aromatic carbocycles. The Morgan fingerprint density at radius 2 is 1.90 bits per heavy atom. The van der Waals surface area contributed by atoms with Crippen LogP contribution in [0.5, 0.6) is 5.88 Å². The summed E-state index contributed by atoms with van der Waals surface area (Å²) < 4.78 is 1.96. The molecule has 0 unspecified atom stereocenters. The molecule has 0 aliphatic heterocycles. The van der Waals surface area contributed by atoms with Gasteiger partial charge in [0, 0.05) is 10.0 Å². The highest BCUT2D eigenvalue weighted by Crippen LogP contribution is 2.27. The van der Waals surface area contributed by atoms with Crippen molar-refractivity contribution in [2.75, 3.05) is 0 Å². The van der Waals surface area contributed by atoms with Crippen LogP contribution in [0.3, 0.4) is 0 Å². The summed E-state index contributed by atoms with van der Waals surface area (Å²) >= 11 is 20.3. The number of nitrogens with one attached hydrogen (secondary N) is 2. The number of aromatic hydroxyl groups is 1. The molecule has 0 aliphatic rings. The summed E-state index contributed by atoms with van der Waals surface area (Å²) in [6.07, 6.45) is 1.02. The van der Waals surface area contributed by atoms with Crippen LogP contribution in [0.4, 0.5) is 0 Å². The van der Waals surface area contributed by atoms with E-state index in [2.05, 4.69) is 31.4 Å². The van der Waals surface area contributed by atoms with Crippen molar-refractivity contribution < 1.29 is 9.90 Å². The number of amides is 1. The number of H-pyrrole nitrogens is 1. The minimum atomic E-state index is -0.676. The maximum Gasteiger partial charge on any atom is 0.271 e. The van der Waals surface area contributed by atoms with Gasteiger partial charge in [0.1, 0.15) is 5.56 Å². The SMILES string of the molecule is O=C(NN=Cc1c(O)n(-c2ccc(Cl)c(Cl)c2)c(=S)[nH]c1=O)c1ccc(Br)cc1. The molecule has 0 saturated heterocycles. The minimum absolute atomic E-state index is 0.0538. The first kappa shape index (κ1) is 21.3. The second-order valence-corrected chi connectivity index (χ2v) is 7.75. The standard InChI is InChI=1S/C18H11BrCl2N4O3S/c19-10-3-1-9(2-4-10)15(26)24-22-8-12-16(27)23-18(29)25(17(12)28)11-5-6-13(20)14(21)7-11/h1-8,28H,(H,24,26)(H,23,27,29). The number of nitrogens with zero attached hydrogens (tertiary/aromatic N) is 2. The highest BCUT2D eigenvalue weighted by atomic mass is 79.9. The Bertz CT molecular complexity index is 1240. The molecule has 1 aromatic heterocycles. The van der Waals surface area contributed by atoms with E-state index in [1.165, 1.54) is 16.7 Å². The van der Waals surface area contributed by atoms with Crippen molar-refractivity contribution in [3.63, 3.8) is 0 Å². The van der Waals surface area contributed by atoms with Gasteiger partial charge in [-0.2, -0.15) is 5.10 Å². The van der Waals surface area contributed by atoms with E-state index in [0.717, 1.165) is 10.7 Å². The molecule has 0 fully saturated rings. The third-order valence-electron chi connectivity index (χ3n) is 3.75. The van der Waals surface area contributed by atoms with Gasteiger partial charge in [-0.15, -0.1) is 0 Å². The van der Waals surface area contributed by atoms with Gasteiger partial charge >= 0.3 is 0 Å². The molecule has 3 N–H and O–H groups in total. The third kappa shape index (κ3) is 4.76. The number of aromatic amines is 1. The first-order chi connectivity index (χ1) is 13.8. The molecule has 148 valence electrons. The highest BCUT2D eigenvalue weighted by Gasteiger charge is 2.14. The largest absolute Gasteiger partial charge is 0.494 e. The van der Waals surface area contributed by atoms with Crippen LogP contribution >= 0.6 is 51.3 Å². The van der Waals surface area contributed by atoms with Gasteiger partial charge in [0.2, 0.25) is 5.88 Å². The number of halogens is 3. The van der Waals surface area contributed by atoms with Crippen molar-refractivity contribution in [3.8, 4) is 11.6 Å². The molecule has 0 aliphatic carbocycles. The van der Waals surface area contributed by atoms with Crippen LogP contribution < -0.4 is 11.0 Å². The first-order valence-electron chi connectivity index (χ1n) is 7.90. The molecule has 0 bridgehead atoms. The lowest BCUT2D eigenvalue weighted by molar-refractivity contribution is 0.0955. The molecule has 0 radical (unpaired) electrons. The van der Waals surface area contributed by atoms with Crippen molar-refractivity contribution >= 4 is 63.5 Å². The fourth-order valence-electron chi connectivity index (χ4n) is 2.34. The number of rotatable bonds is 4. The third-order valence-corrected chi connectivity index (χ3v) is 5.30. The summed E-state index contributed by atoms with van der Waals surface area (Å²) in [5.41, 5.74) is 2.16. The summed E-state index contributed by atoms with van der Waals surface area (Å²) in [6, 6.07) is 11.2. The summed E-state index contributed by atoms with van der Waals surface area (Å²) in [4.78, 5) is 26.7. The van der Waals surface area contributed by atoms with Crippen molar-refractivity contribution in [1.29, 1.82) is 0 Å². The molecule has 3 aromatic rings. The molecule has 0 atom stereocenters. The van der Waals surface area contributed by atoms with Crippen molar-refractivity contribution in [2.45, 2.75) is 0 Å². The number of hydrogen-bond donors (Lipinski definition) is 3. The molecule has 29 heavy (non-hydrogen) atoms. The van der Waals surface area contributed by atoms with Gasteiger partial charge in [-0.3, -0.25) is 19.1 Å². The summed E-state index contributed by atoms with van der Waals surface area (Å²) in [6.45, 7) is 0. The first-order valence-corrected chi connectivity index (χ1v) is 9.86. The topological polar surface area (TPSA) is 99.5 Å². The fraction of sp³-hybridized carbons (Fsp3) is 0. The molecule has 3 rings (SSSR count). The van der Waals surface area contributed by atoms with E-state index >= 15 is 0 Å². The lowest BCUT2D eigenvalue weighted by Crippen LogP contribution is -2.21. The van der Waals surface area contributed by atoms with Gasteiger partial charge < -0.3 is 5.11 Å². The normalized spacial score (nSPS) is 11.0. The maximum absolute atomic E-state index is 12.2. The minimum Gasteiger partial charge on any atom is -0.494 e. The summed E-state index contributed by atoms with van der Waals surface area (Å²) in [5.74, 6) is -0.958. The van der Waals surface area contributed by atoms with Gasteiger partial charge in [0.25, 0.3) is 11.5 Å². The number of carbonyl (C=O) groups is 1. The highest BCUT2D eigenvalue weighted by molar-refractivity contribution is 9.10. The van der Waals surface area contributed by atoms with Gasteiger partial charge in [-0.25, -0.2) is 5.43 Å². The molecule has 0 saturated carbocycles. The molecule has 0 spiro atoms. The van der Waals surface area contributed by atoms with Crippen LogP contribution in [0, 0.1) is 4.77 Å². The predicted molar refractivity (Wildman–Crippen MR) is 118 cm³/mol. The Labute approximate surface area is 187 Å². The Morgan fingerprint density at radius 3 is 2.55 bits per heavy atom. The van der Waals surface area contributed by atoms with Crippen molar-refractivity contribution in [1.82, 2.24) is 15.0 Å². The fourth-order valence-corrected chi connectivity index (χ4v) is 3.18. The number of hydrogen-bond acceptors (Lipinski definition) is 5. The molecule has 1 amide bonds. The van der Waals surface area contributed by atoms with E-state index in [-0.39, 0.29) is 15.4 Å². The second kappa shape index (κ2) is 8.91. The quantitative estimate of drug-likeness (QED) is 0.273. The smallest absolute Gasteiger partial charge is 0.271 e. The van der Waals surface area contributed by atoms with Crippen LogP contribution in [0.1, 0.15) is 15.9 Å². The second-order valence-electron chi connectivity index (χ2n) is 5.64. The van der Waals surface area contributed by atoms with E-state index in [4.69, 9.17) is 35.4 Å². The Balaban J connectivity index is 1.93. The molecular formula is C18H11BrCl2N4O3S. The van der Waals surface area contributed by atoms with E-state index in [9.17, 15) is 14.7 Å².